The van der Waals surface area contributed by atoms with E-state index < -0.39 is 0 Å². The molecule has 26 heavy (non-hydrogen) atoms. The van der Waals surface area contributed by atoms with Gasteiger partial charge in [0.1, 0.15) is 21.6 Å². The first kappa shape index (κ1) is 18.0. The van der Waals surface area contributed by atoms with Gasteiger partial charge in [-0.25, -0.2) is 9.97 Å². The highest BCUT2D eigenvalue weighted by atomic mass is 32.1. The van der Waals surface area contributed by atoms with Crippen LogP contribution in [0.15, 0.2) is 18.2 Å². The Morgan fingerprint density at radius 3 is 2.62 bits per heavy atom. The van der Waals surface area contributed by atoms with Crippen molar-refractivity contribution in [1.82, 2.24) is 9.97 Å². The minimum absolute atomic E-state index is 0.586. The van der Waals surface area contributed by atoms with Gasteiger partial charge in [-0.05, 0) is 37.1 Å². The molecule has 2 aromatic heterocycles. The van der Waals surface area contributed by atoms with Gasteiger partial charge in [-0.3, -0.25) is 0 Å². The normalized spacial score (nSPS) is 10.6. The Morgan fingerprint density at radius 1 is 1.19 bits per heavy atom. The summed E-state index contributed by atoms with van der Waals surface area (Å²) in [5.74, 6) is 2.62. The van der Waals surface area contributed by atoms with Crippen LogP contribution in [0.4, 0.5) is 5.82 Å². The van der Waals surface area contributed by atoms with Crippen molar-refractivity contribution in [2.24, 2.45) is 0 Å². The molecule has 0 atom stereocenters. The molecule has 0 unspecified atom stereocenters. The number of hydrogen-bond acceptors (Lipinski definition) is 7. The van der Waals surface area contributed by atoms with Crippen LogP contribution in [-0.4, -0.2) is 30.7 Å². The predicted molar refractivity (Wildman–Crippen MR) is 104 cm³/mol. The number of nitrogens with one attached hydrogen (secondary N) is 1. The Kier molecular flexibility index (Phi) is 5.24. The largest absolute Gasteiger partial charge is 0.493 e. The van der Waals surface area contributed by atoms with Gasteiger partial charge in [-0.15, -0.1) is 11.3 Å². The second kappa shape index (κ2) is 7.58. The van der Waals surface area contributed by atoms with E-state index in [2.05, 4.69) is 18.3 Å². The second-order valence-corrected chi connectivity index (χ2v) is 6.74. The Bertz CT molecular complexity index is 991. The molecule has 3 aromatic rings. The van der Waals surface area contributed by atoms with Gasteiger partial charge < -0.3 is 14.8 Å². The highest BCUT2D eigenvalue weighted by molar-refractivity contribution is 7.19. The number of benzene rings is 1. The average Bonchev–Trinajstić information content (AvgIpc) is 3.01. The number of nitriles is 1. The summed E-state index contributed by atoms with van der Waals surface area (Å²) in [5.41, 5.74) is 1.75. The highest BCUT2D eigenvalue weighted by Gasteiger charge is 2.17. The van der Waals surface area contributed by atoms with Gasteiger partial charge in [0.2, 0.25) is 0 Å². The molecule has 7 heteroatoms. The molecule has 3 rings (SSSR count). The molecule has 0 fully saturated rings. The van der Waals surface area contributed by atoms with Crippen LogP contribution in [0.1, 0.15) is 23.8 Å². The summed E-state index contributed by atoms with van der Waals surface area (Å²) in [5, 5.41) is 13.6. The van der Waals surface area contributed by atoms with Crippen molar-refractivity contribution in [1.29, 1.82) is 5.26 Å². The molecule has 0 spiro atoms. The smallest absolute Gasteiger partial charge is 0.163 e. The summed E-state index contributed by atoms with van der Waals surface area (Å²) in [7, 11) is 3.20. The molecule has 1 N–H and O–H groups in total. The quantitative estimate of drug-likeness (QED) is 0.695. The van der Waals surface area contributed by atoms with Gasteiger partial charge in [0.15, 0.2) is 17.3 Å². The number of hydrogen-bond donors (Lipinski definition) is 1. The molecular weight excluding hydrogens is 348 g/mol. The van der Waals surface area contributed by atoms with Crippen LogP contribution in [0.5, 0.6) is 11.5 Å². The molecular formula is C19H20N4O2S. The van der Waals surface area contributed by atoms with Crippen LogP contribution in [0.3, 0.4) is 0 Å². The third-order valence-electron chi connectivity index (χ3n) is 4.08. The molecule has 0 saturated carbocycles. The molecule has 6 nitrogen and oxygen atoms in total. The van der Waals surface area contributed by atoms with Gasteiger partial charge in [0, 0.05) is 12.1 Å². The van der Waals surface area contributed by atoms with E-state index >= 15 is 0 Å². The van der Waals surface area contributed by atoms with Crippen molar-refractivity contribution < 1.29 is 9.47 Å². The van der Waals surface area contributed by atoms with E-state index in [1.165, 1.54) is 11.3 Å². The van der Waals surface area contributed by atoms with E-state index in [1.54, 1.807) is 14.2 Å². The molecule has 0 radical (unpaired) electrons. The van der Waals surface area contributed by atoms with E-state index in [4.69, 9.17) is 19.4 Å². The third kappa shape index (κ3) is 3.16. The standard InChI is InChI=1S/C19H20N4O2S/c1-5-8-21-18-16-11(2)15(10-20)26-19(16)23-17(22-18)12-6-7-13(24-3)14(9-12)25-4/h6-7,9H,5,8H2,1-4H3,(H,21,22,23). The van der Waals surface area contributed by atoms with Gasteiger partial charge in [-0.2, -0.15) is 5.26 Å². The zero-order valence-electron chi connectivity index (χ0n) is 15.2. The molecule has 0 bridgehead atoms. The van der Waals surface area contributed by atoms with Crippen LogP contribution in [0, 0.1) is 18.3 Å². The lowest BCUT2D eigenvalue weighted by Crippen LogP contribution is -2.04. The molecule has 0 amide bonds. The summed E-state index contributed by atoms with van der Waals surface area (Å²) in [6.07, 6.45) is 0.978. The van der Waals surface area contributed by atoms with Crippen LogP contribution >= 0.6 is 11.3 Å². The number of ether oxygens (including phenoxy) is 2. The van der Waals surface area contributed by atoms with Crippen molar-refractivity contribution in [3.8, 4) is 29.0 Å². The highest BCUT2D eigenvalue weighted by Crippen LogP contribution is 2.37. The minimum Gasteiger partial charge on any atom is -0.493 e. The topological polar surface area (TPSA) is 80.1 Å². The SMILES string of the molecule is CCCNc1nc(-c2ccc(OC)c(OC)c2)nc2sc(C#N)c(C)c12. The van der Waals surface area contributed by atoms with E-state index in [9.17, 15) is 5.26 Å². The number of thiophene rings is 1. The Balaban J connectivity index is 2.19. The first-order chi connectivity index (χ1) is 12.6. The molecule has 0 aliphatic rings. The molecule has 134 valence electrons. The van der Waals surface area contributed by atoms with Crippen LogP contribution in [0.2, 0.25) is 0 Å². The van der Waals surface area contributed by atoms with Crippen molar-refractivity contribution >= 4 is 27.4 Å². The number of methoxy groups -OCH3 is 2. The zero-order chi connectivity index (χ0) is 18.7. The average molecular weight is 368 g/mol. The lowest BCUT2D eigenvalue weighted by molar-refractivity contribution is 0.355. The van der Waals surface area contributed by atoms with Gasteiger partial charge in [0.25, 0.3) is 0 Å². The van der Waals surface area contributed by atoms with E-state index in [0.29, 0.717) is 22.2 Å². The Hall–Kier alpha value is -2.85. The zero-order valence-corrected chi connectivity index (χ0v) is 16.0. The van der Waals surface area contributed by atoms with Crippen molar-refractivity contribution in [3.63, 3.8) is 0 Å². The lowest BCUT2D eigenvalue weighted by Gasteiger charge is -2.11. The van der Waals surface area contributed by atoms with Gasteiger partial charge in [-0.1, -0.05) is 6.92 Å². The van der Waals surface area contributed by atoms with Gasteiger partial charge >= 0.3 is 0 Å². The third-order valence-corrected chi connectivity index (χ3v) is 5.17. The summed E-state index contributed by atoms with van der Waals surface area (Å²) in [6.45, 7) is 4.84. The van der Waals surface area contributed by atoms with Crippen LogP contribution in [-0.2, 0) is 0 Å². The minimum atomic E-state index is 0.586. The second-order valence-electron chi connectivity index (χ2n) is 5.74. The number of nitrogens with zero attached hydrogens (tertiary/aromatic N) is 3. The summed E-state index contributed by atoms with van der Waals surface area (Å²) >= 11 is 1.39. The van der Waals surface area contributed by atoms with Crippen molar-refractivity contribution in [2.75, 3.05) is 26.1 Å². The van der Waals surface area contributed by atoms with Crippen LogP contribution < -0.4 is 14.8 Å². The number of rotatable bonds is 6. The monoisotopic (exact) mass is 368 g/mol. The number of fused-ring (bicyclic) bond motifs is 1. The van der Waals surface area contributed by atoms with Crippen molar-refractivity contribution in [2.45, 2.75) is 20.3 Å². The predicted octanol–water partition coefficient (Wildman–Crippen LogP) is 4.38. The number of anilines is 1. The Morgan fingerprint density at radius 2 is 1.96 bits per heavy atom. The maximum Gasteiger partial charge on any atom is 0.163 e. The van der Waals surface area contributed by atoms with E-state index in [-0.39, 0.29) is 0 Å². The molecule has 0 aliphatic heterocycles. The van der Waals surface area contributed by atoms with Gasteiger partial charge in [0.05, 0.1) is 19.6 Å². The number of aromatic nitrogens is 2. The lowest BCUT2D eigenvalue weighted by atomic mass is 10.1. The number of aryl methyl sites for hydroxylation is 1. The fourth-order valence-electron chi connectivity index (χ4n) is 2.72. The Labute approximate surface area is 156 Å². The molecule has 1 aromatic carbocycles. The maximum absolute atomic E-state index is 9.36. The first-order valence-corrected chi connectivity index (χ1v) is 9.12. The molecule has 2 heterocycles. The first-order valence-electron chi connectivity index (χ1n) is 8.30. The summed E-state index contributed by atoms with van der Waals surface area (Å²) in [4.78, 5) is 10.9. The van der Waals surface area contributed by atoms with E-state index in [0.717, 1.165) is 40.1 Å². The fourth-order valence-corrected chi connectivity index (χ4v) is 3.70. The fraction of sp³-hybridized carbons (Fsp3) is 0.316. The molecule has 0 aliphatic carbocycles. The summed E-state index contributed by atoms with van der Waals surface area (Å²) in [6, 6.07) is 7.84. The maximum atomic E-state index is 9.36. The van der Waals surface area contributed by atoms with Crippen molar-refractivity contribution in [3.05, 3.63) is 28.6 Å². The van der Waals surface area contributed by atoms with Crippen LogP contribution in [0.25, 0.3) is 21.6 Å². The molecule has 0 saturated heterocycles. The van der Waals surface area contributed by atoms with E-state index in [1.807, 2.05) is 25.1 Å². The summed E-state index contributed by atoms with van der Waals surface area (Å²) < 4.78 is 10.7.